The van der Waals surface area contributed by atoms with Crippen molar-refractivity contribution in [3.63, 3.8) is 0 Å². The lowest BCUT2D eigenvalue weighted by Crippen LogP contribution is -2.39. The first-order chi connectivity index (χ1) is 7.84. The summed E-state index contributed by atoms with van der Waals surface area (Å²) in [6.45, 7) is 0.199. The smallest absolute Gasteiger partial charge is 0.115 e. The van der Waals surface area contributed by atoms with Crippen molar-refractivity contribution in [3.05, 3.63) is 29.5 Å². The molecule has 0 aromatic carbocycles. The second kappa shape index (κ2) is 3.71. The van der Waals surface area contributed by atoms with E-state index in [2.05, 4.69) is 21.4 Å². The molecule has 0 saturated heterocycles. The van der Waals surface area contributed by atoms with Gasteiger partial charge in [0.2, 0.25) is 0 Å². The predicted molar refractivity (Wildman–Crippen MR) is 64.5 cm³/mol. The van der Waals surface area contributed by atoms with E-state index in [0.29, 0.717) is 0 Å². The minimum absolute atomic E-state index is 0.0878. The van der Waals surface area contributed by atoms with Crippen LogP contribution in [0.1, 0.15) is 25.1 Å². The van der Waals surface area contributed by atoms with Gasteiger partial charge in [-0.05, 0) is 24.3 Å². The topological polar surface area (TPSA) is 48.9 Å². The van der Waals surface area contributed by atoms with E-state index in [1.54, 1.807) is 11.3 Å². The third-order valence-electron chi connectivity index (χ3n) is 3.48. The van der Waals surface area contributed by atoms with Gasteiger partial charge in [0, 0.05) is 0 Å². The van der Waals surface area contributed by atoms with Gasteiger partial charge in [0.1, 0.15) is 5.82 Å². The van der Waals surface area contributed by atoms with Gasteiger partial charge in [0.05, 0.1) is 28.8 Å². The Bertz CT molecular complexity index is 465. The molecular formula is C12H14N2OS. The van der Waals surface area contributed by atoms with Gasteiger partial charge in [0.15, 0.2) is 0 Å². The van der Waals surface area contributed by atoms with Gasteiger partial charge in [-0.3, -0.25) is 0 Å². The number of aliphatic hydroxyl groups excluding tert-OH is 1. The van der Waals surface area contributed by atoms with Gasteiger partial charge >= 0.3 is 0 Å². The Hall–Kier alpha value is -1.13. The molecule has 1 aliphatic carbocycles. The van der Waals surface area contributed by atoms with Gasteiger partial charge in [-0.25, -0.2) is 4.98 Å². The zero-order valence-electron chi connectivity index (χ0n) is 8.94. The molecule has 2 heterocycles. The van der Waals surface area contributed by atoms with E-state index in [-0.39, 0.29) is 12.0 Å². The second-order valence-electron chi connectivity index (χ2n) is 4.41. The van der Waals surface area contributed by atoms with Crippen LogP contribution in [0.2, 0.25) is 0 Å². The molecule has 3 rings (SSSR count). The number of nitrogens with zero attached hydrogens (tertiary/aromatic N) is 1. The normalized spacial score (nSPS) is 18.3. The van der Waals surface area contributed by atoms with Crippen molar-refractivity contribution in [1.82, 2.24) is 9.97 Å². The van der Waals surface area contributed by atoms with Crippen LogP contribution in [0.15, 0.2) is 23.7 Å². The van der Waals surface area contributed by atoms with Gasteiger partial charge in [-0.1, -0.05) is 12.5 Å². The number of hydrogen-bond donors (Lipinski definition) is 2. The Labute approximate surface area is 98.2 Å². The van der Waals surface area contributed by atoms with Crippen LogP contribution in [0, 0.1) is 0 Å². The number of H-pyrrole nitrogens is 1. The number of rotatable bonds is 3. The highest BCUT2D eigenvalue weighted by molar-refractivity contribution is 7.13. The van der Waals surface area contributed by atoms with E-state index in [1.807, 2.05) is 12.3 Å². The van der Waals surface area contributed by atoms with Crippen molar-refractivity contribution in [3.8, 4) is 10.6 Å². The van der Waals surface area contributed by atoms with Crippen LogP contribution in [0.3, 0.4) is 0 Å². The number of nitrogens with one attached hydrogen (secondary N) is 1. The van der Waals surface area contributed by atoms with E-state index in [9.17, 15) is 5.11 Å². The summed E-state index contributed by atoms with van der Waals surface area (Å²) < 4.78 is 0. The molecule has 3 nitrogen and oxygen atoms in total. The Morgan fingerprint density at radius 2 is 2.38 bits per heavy atom. The molecule has 0 spiro atoms. The molecule has 2 aromatic rings. The average molecular weight is 234 g/mol. The molecule has 0 bridgehead atoms. The molecule has 2 aromatic heterocycles. The van der Waals surface area contributed by atoms with Crippen LogP contribution in [0.25, 0.3) is 10.6 Å². The second-order valence-corrected chi connectivity index (χ2v) is 5.36. The summed E-state index contributed by atoms with van der Waals surface area (Å²) in [6.07, 6.45) is 5.15. The maximum Gasteiger partial charge on any atom is 0.115 e. The third-order valence-corrected chi connectivity index (χ3v) is 4.38. The van der Waals surface area contributed by atoms with Crippen LogP contribution in [-0.2, 0) is 5.41 Å². The SMILES string of the molecule is OCC1(c2ncc(-c3cccs3)[nH]2)CCC1. The van der Waals surface area contributed by atoms with Crippen LogP contribution in [-0.4, -0.2) is 21.7 Å². The van der Waals surface area contributed by atoms with Gasteiger partial charge < -0.3 is 10.1 Å². The predicted octanol–water partition coefficient (Wildman–Crippen LogP) is 2.55. The highest BCUT2D eigenvalue weighted by Gasteiger charge is 2.40. The lowest BCUT2D eigenvalue weighted by Gasteiger charge is -2.38. The minimum atomic E-state index is -0.0878. The van der Waals surface area contributed by atoms with E-state index in [4.69, 9.17) is 0 Å². The zero-order chi connectivity index (χ0) is 11.0. The van der Waals surface area contributed by atoms with Crippen LogP contribution < -0.4 is 0 Å². The Kier molecular flexibility index (Phi) is 2.33. The van der Waals surface area contributed by atoms with Crippen molar-refractivity contribution in [2.45, 2.75) is 24.7 Å². The maximum absolute atomic E-state index is 9.47. The van der Waals surface area contributed by atoms with E-state index in [0.717, 1.165) is 24.4 Å². The van der Waals surface area contributed by atoms with Crippen molar-refractivity contribution in [2.75, 3.05) is 6.61 Å². The zero-order valence-corrected chi connectivity index (χ0v) is 9.76. The van der Waals surface area contributed by atoms with Crippen molar-refractivity contribution in [1.29, 1.82) is 0 Å². The molecule has 84 valence electrons. The molecule has 2 N–H and O–H groups in total. The van der Waals surface area contributed by atoms with Crippen molar-refractivity contribution >= 4 is 11.3 Å². The van der Waals surface area contributed by atoms with Crippen LogP contribution in [0.5, 0.6) is 0 Å². The van der Waals surface area contributed by atoms with Crippen molar-refractivity contribution < 1.29 is 5.11 Å². The fourth-order valence-electron chi connectivity index (χ4n) is 2.22. The molecule has 1 fully saturated rings. The van der Waals surface area contributed by atoms with Crippen LogP contribution in [0.4, 0.5) is 0 Å². The number of aromatic amines is 1. The number of aromatic nitrogens is 2. The molecule has 0 aliphatic heterocycles. The van der Waals surface area contributed by atoms with Gasteiger partial charge in [-0.2, -0.15) is 0 Å². The average Bonchev–Trinajstić information content (AvgIpc) is 2.86. The molecule has 4 heteroatoms. The monoisotopic (exact) mass is 234 g/mol. The molecule has 0 unspecified atom stereocenters. The summed E-state index contributed by atoms with van der Waals surface area (Å²) in [7, 11) is 0. The summed E-state index contributed by atoms with van der Waals surface area (Å²) in [6, 6.07) is 4.11. The minimum Gasteiger partial charge on any atom is -0.395 e. The Morgan fingerprint density at radius 3 is 2.94 bits per heavy atom. The maximum atomic E-state index is 9.47. The lowest BCUT2D eigenvalue weighted by molar-refractivity contribution is 0.113. The summed E-state index contributed by atoms with van der Waals surface area (Å²) in [5, 5.41) is 11.5. The van der Waals surface area contributed by atoms with E-state index >= 15 is 0 Å². The highest BCUT2D eigenvalue weighted by Crippen LogP contribution is 2.42. The Balaban J connectivity index is 1.93. The quantitative estimate of drug-likeness (QED) is 0.857. The highest BCUT2D eigenvalue weighted by atomic mass is 32.1. The van der Waals surface area contributed by atoms with E-state index in [1.165, 1.54) is 11.3 Å². The van der Waals surface area contributed by atoms with Crippen molar-refractivity contribution in [2.24, 2.45) is 0 Å². The number of thiophene rings is 1. The molecule has 0 atom stereocenters. The number of aliphatic hydroxyl groups is 1. The number of hydrogen-bond acceptors (Lipinski definition) is 3. The number of imidazole rings is 1. The first-order valence-electron chi connectivity index (χ1n) is 5.54. The molecule has 0 amide bonds. The molecule has 1 saturated carbocycles. The van der Waals surface area contributed by atoms with Crippen LogP contribution >= 0.6 is 11.3 Å². The molecule has 0 radical (unpaired) electrons. The van der Waals surface area contributed by atoms with E-state index < -0.39 is 0 Å². The first kappa shape index (κ1) is 10.1. The largest absolute Gasteiger partial charge is 0.395 e. The molecular weight excluding hydrogens is 220 g/mol. The lowest BCUT2D eigenvalue weighted by atomic mass is 9.69. The summed E-state index contributed by atoms with van der Waals surface area (Å²) in [5.41, 5.74) is 0.972. The molecule has 1 aliphatic rings. The van der Waals surface area contributed by atoms with Gasteiger partial charge in [0.25, 0.3) is 0 Å². The fourth-order valence-corrected chi connectivity index (χ4v) is 2.91. The third kappa shape index (κ3) is 1.41. The summed E-state index contributed by atoms with van der Waals surface area (Å²) in [4.78, 5) is 8.98. The van der Waals surface area contributed by atoms with Gasteiger partial charge in [-0.15, -0.1) is 11.3 Å². The fraction of sp³-hybridized carbons (Fsp3) is 0.417. The summed E-state index contributed by atoms with van der Waals surface area (Å²) in [5.74, 6) is 0.949. The Morgan fingerprint density at radius 1 is 1.50 bits per heavy atom. The molecule has 16 heavy (non-hydrogen) atoms. The first-order valence-corrected chi connectivity index (χ1v) is 6.42. The standard InChI is InChI=1S/C12H14N2OS/c15-8-12(4-2-5-12)11-13-7-9(14-11)10-3-1-6-16-10/h1,3,6-7,15H,2,4-5,8H2,(H,13,14). The summed E-state index contributed by atoms with van der Waals surface area (Å²) >= 11 is 1.70.